The molecule has 0 amide bonds. The Morgan fingerprint density at radius 3 is 1.74 bits per heavy atom. The first kappa shape index (κ1) is 29.7. The van der Waals surface area contributed by atoms with Crippen molar-refractivity contribution in [2.45, 2.75) is 57.9 Å². The van der Waals surface area contributed by atoms with Crippen LogP contribution in [0.5, 0.6) is 0 Å². The topological polar surface area (TPSA) is 20.0 Å². The molecule has 6 aromatic rings. The first-order valence-corrected chi connectivity index (χ1v) is 16.2. The van der Waals surface area contributed by atoms with E-state index >= 15 is 0 Å². The van der Waals surface area contributed by atoms with Crippen LogP contribution in [0.3, 0.4) is 0 Å². The molecule has 46 heavy (non-hydrogen) atoms. The monoisotopic (exact) mass is 599 g/mol. The second kappa shape index (κ2) is 11.1. The Balaban J connectivity index is 1.68. The van der Waals surface area contributed by atoms with E-state index in [9.17, 15) is 0 Å². The van der Waals surface area contributed by atoms with Crippen LogP contribution < -0.4 is 9.47 Å². The van der Waals surface area contributed by atoms with E-state index in [1.54, 1.807) is 0 Å². The molecule has 0 fully saturated rings. The summed E-state index contributed by atoms with van der Waals surface area (Å²) in [5.74, 6) is 0. The van der Waals surface area contributed by atoms with Gasteiger partial charge in [-0.25, -0.2) is 4.98 Å². The second-order valence-corrected chi connectivity index (χ2v) is 14.3. The summed E-state index contributed by atoms with van der Waals surface area (Å²) < 4.78 is 2.25. The van der Waals surface area contributed by atoms with Gasteiger partial charge in [-0.15, -0.1) is 12.1 Å². The summed E-state index contributed by atoms with van der Waals surface area (Å²) in [4.78, 5) is 7.96. The summed E-state index contributed by atoms with van der Waals surface area (Å²) in [5.41, 5.74) is 10.3. The average molecular weight is 600 g/mol. The van der Waals surface area contributed by atoms with Crippen LogP contribution in [0.25, 0.3) is 11.3 Å². The summed E-state index contributed by atoms with van der Waals surface area (Å²) in [7, 11) is 0. The van der Waals surface area contributed by atoms with Gasteiger partial charge in [0, 0.05) is 11.3 Å². The molecule has 228 valence electrons. The number of pyridine rings is 2. The Hall–Kier alpha value is -5.02. The molecule has 0 saturated carbocycles. The minimum Gasteiger partial charge on any atom is -0.309 e. The summed E-state index contributed by atoms with van der Waals surface area (Å²) in [6.45, 7) is 13.7. The zero-order chi connectivity index (χ0) is 32.1. The second-order valence-electron chi connectivity index (χ2n) is 14.3. The first-order valence-electron chi connectivity index (χ1n) is 16.2. The van der Waals surface area contributed by atoms with Gasteiger partial charge in [-0.2, -0.15) is 6.07 Å². The molecule has 4 aromatic carbocycles. The SMILES string of the molecule is CC(C)(C)c1ccc2c(c1)C(c1cccc(-c3ccccc3)n1)([n+]1[c-]cccc1)c1cc(C(C)(C)C)ccc1N2c1ccccc1. The van der Waals surface area contributed by atoms with Gasteiger partial charge >= 0.3 is 0 Å². The molecule has 0 saturated heterocycles. The van der Waals surface area contributed by atoms with E-state index in [-0.39, 0.29) is 10.8 Å². The van der Waals surface area contributed by atoms with E-state index in [0.717, 1.165) is 34.0 Å². The van der Waals surface area contributed by atoms with Crippen molar-refractivity contribution in [2.24, 2.45) is 0 Å². The molecule has 0 radical (unpaired) electrons. The van der Waals surface area contributed by atoms with Gasteiger partial charge in [0.25, 0.3) is 0 Å². The molecule has 3 heterocycles. The summed E-state index contributed by atoms with van der Waals surface area (Å²) in [6.07, 6.45) is 5.80. The average Bonchev–Trinajstić information content (AvgIpc) is 3.07. The molecule has 0 spiro atoms. The van der Waals surface area contributed by atoms with Gasteiger partial charge in [-0.1, -0.05) is 108 Å². The lowest BCUT2D eigenvalue weighted by atomic mass is 9.71. The van der Waals surface area contributed by atoms with Gasteiger partial charge in [0.2, 0.25) is 5.54 Å². The number of para-hydroxylation sites is 1. The van der Waals surface area contributed by atoms with Crippen molar-refractivity contribution in [3.63, 3.8) is 0 Å². The van der Waals surface area contributed by atoms with E-state index in [2.05, 4.69) is 185 Å². The van der Waals surface area contributed by atoms with Crippen molar-refractivity contribution in [2.75, 3.05) is 4.90 Å². The number of benzene rings is 4. The molecule has 0 unspecified atom stereocenters. The van der Waals surface area contributed by atoms with E-state index in [0.29, 0.717) is 0 Å². The lowest BCUT2D eigenvalue weighted by Gasteiger charge is -2.44. The van der Waals surface area contributed by atoms with Crippen molar-refractivity contribution in [3.8, 4) is 11.3 Å². The van der Waals surface area contributed by atoms with Crippen molar-refractivity contribution in [1.29, 1.82) is 0 Å². The van der Waals surface area contributed by atoms with E-state index in [1.807, 2.05) is 12.1 Å². The number of nitrogens with zero attached hydrogens (tertiary/aromatic N) is 3. The van der Waals surface area contributed by atoms with E-state index in [4.69, 9.17) is 4.98 Å². The van der Waals surface area contributed by atoms with Gasteiger partial charge < -0.3 is 4.90 Å². The van der Waals surface area contributed by atoms with Crippen LogP contribution in [-0.4, -0.2) is 4.98 Å². The molecule has 1 aliphatic heterocycles. The van der Waals surface area contributed by atoms with Crippen molar-refractivity contribution < 1.29 is 4.57 Å². The highest BCUT2D eigenvalue weighted by Crippen LogP contribution is 2.54. The highest BCUT2D eigenvalue weighted by Gasteiger charge is 2.53. The largest absolute Gasteiger partial charge is 0.309 e. The quantitative estimate of drug-likeness (QED) is 0.148. The highest BCUT2D eigenvalue weighted by atomic mass is 15.2. The normalized spacial score (nSPS) is 14.0. The zero-order valence-electron chi connectivity index (χ0n) is 27.6. The van der Waals surface area contributed by atoms with E-state index in [1.165, 1.54) is 22.3 Å². The van der Waals surface area contributed by atoms with Crippen LogP contribution in [0.2, 0.25) is 0 Å². The molecule has 3 heteroatoms. The Morgan fingerprint density at radius 2 is 1.20 bits per heavy atom. The number of aromatic nitrogens is 2. The third kappa shape index (κ3) is 4.91. The van der Waals surface area contributed by atoms with Gasteiger partial charge in [0.1, 0.15) is 11.9 Å². The summed E-state index contributed by atoms with van der Waals surface area (Å²) >= 11 is 0. The van der Waals surface area contributed by atoms with Crippen molar-refractivity contribution in [3.05, 3.63) is 174 Å². The molecule has 1 aliphatic rings. The molecule has 2 aromatic heterocycles. The highest BCUT2D eigenvalue weighted by molar-refractivity contribution is 5.87. The number of hydrogen-bond donors (Lipinski definition) is 0. The first-order chi connectivity index (χ1) is 22.1. The predicted octanol–water partition coefficient (Wildman–Crippen LogP) is 10.1. The Kier molecular flexibility index (Phi) is 7.16. The molecular weight excluding hydrogens is 558 g/mol. The molecule has 0 atom stereocenters. The maximum Gasteiger partial charge on any atom is 0.243 e. The summed E-state index contributed by atoms with van der Waals surface area (Å²) in [6, 6.07) is 47.8. The van der Waals surface area contributed by atoms with Crippen LogP contribution in [0.15, 0.2) is 140 Å². The smallest absolute Gasteiger partial charge is 0.243 e. The van der Waals surface area contributed by atoms with Crippen LogP contribution in [-0.2, 0) is 16.4 Å². The van der Waals surface area contributed by atoms with Crippen molar-refractivity contribution in [1.82, 2.24) is 4.98 Å². The Bertz CT molecular complexity index is 1930. The van der Waals surface area contributed by atoms with Crippen LogP contribution >= 0.6 is 0 Å². The Morgan fingerprint density at radius 1 is 0.609 bits per heavy atom. The fourth-order valence-corrected chi connectivity index (χ4v) is 6.74. The standard InChI is InChI=1S/C43H41N3/c1-41(2,3)32-23-25-38-35(29-32)43(45-27-14-9-15-28-45,40-22-16-21-37(44-40)31-17-10-7-11-18-31)36-30-33(42(4,5)6)24-26-39(36)46(38)34-19-12-8-13-20-34/h7-27,29-30H,1-6H3. The lowest BCUT2D eigenvalue weighted by molar-refractivity contribution is -0.738. The number of hydrogen-bond acceptors (Lipinski definition) is 2. The molecule has 0 aliphatic carbocycles. The molecule has 0 bridgehead atoms. The molecule has 7 rings (SSSR count). The predicted molar refractivity (Wildman–Crippen MR) is 189 cm³/mol. The zero-order valence-corrected chi connectivity index (χ0v) is 27.6. The fourth-order valence-electron chi connectivity index (χ4n) is 6.74. The van der Waals surface area contributed by atoms with Gasteiger partial charge in [-0.3, -0.25) is 4.57 Å². The minimum atomic E-state index is -0.815. The van der Waals surface area contributed by atoms with Crippen molar-refractivity contribution >= 4 is 17.1 Å². The van der Waals surface area contributed by atoms with Crippen LogP contribution in [0.1, 0.15) is 69.5 Å². The molecule has 0 N–H and O–H groups in total. The Labute approximate surface area is 273 Å². The molecule has 3 nitrogen and oxygen atoms in total. The maximum atomic E-state index is 5.54. The number of rotatable bonds is 4. The van der Waals surface area contributed by atoms with Crippen LogP contribution in [0.4, 0.5) is 17.1 Å². The molecular formula is C43H41N3. The fraction of sp³-hybridized carbons (Fsp3) is 0.209. The summed E-state index contributed by atoms with van der Waals surface area (Å²) in [5, 5.41) is 0. The third-order valence-corrected chi connectivity index (χ3v) is 9.21. The lowest BCUT2D eigenvalue weighted by Crippen LogP contribution is -2.60. The van der Waals surface area contributed by atoms with E-state index < -0.39 is 5.54 Å². The van der Waals surface area contributed by atoms with Gasteiger partial charge in [0.15, 0.2) is 0 Å². The maximum absolute atomic E-state index is 5.54. The minimum absolute atomic E-state index is 0.0593. The van der Waals surface area contributed by atoms with Crippen LogP contribution in [0, 0.1) is 6.20 Å². The van der Waals surface area contributed by atoms with Gasteiger partial charge in [-0.05, 0) is 70.5 Å². The van der Waals surface area contributed by atoms with Gasteiger partial charge in [0.05, 0.1) is 34.4 Å². The number of fused-ring (bicyclic) bond motifs is 2. The third-order valence-electron chi connectivity index (χ3n) is 9.21. The number of anilines is 3.